The molecule has 9 heterocycles. The van der Waals surface area contributed by atoms with Crippen LogP contribution in [0.25, 0.3) is 32.7 Å². The lowest BCUT2D eigenvalue weighted by Gasteiger charge is -2.27. The van der Waals surface area contributed by atoms with Crippen LogP contribution in [-0.2, 0) is 29.1 Å². The number of anilines is 3. The van der Waals surface area contributed by atoms with E-state index >= 15 is 0 Å². The number of hydrogen-bond donors (Lipinski definition) is 10. The standard InChI is InChI=1S/C23H25N5O4.C18H17N5O2.C18H21N3O5.C5H6N2/c1-23(2,3)32-22(31)25-12-17-13-28-18-10-15(20(29)26-16-5-4-8-24-11-16)7-6-14(18)9-19(28)21(30)27-17;19-8-14-10-23-15-7-12(17(24)21-13-2-1-5-20-9-13)4-3-11(15)6-16(23)18(25)22-14;1-18(2,3)26-17(25)19-8-12-9-21-13-7-11(16(23)24)5-4-10(13)6-14(21)15(22)20-12;6-5-2-1-3-7-4-5/h4-11,17H,12-13H2,1-3H3,(H,25,31)(H,26,29)(H,27,30);1-7,9,14H,8,10,19H2,(H,21,24)(H,22,25);4-7,12H,8-9H2,1-3H3,(H,19,25)(H,20,22)(H,23,24);1-4H,6H2/t17-;14-;12-;/m111./s1. The van der Waals surface area contributed by atoms with Gasteiger partial charge in [-0.15, -0.1) is 0 Å². The number of alkyl carbamates (subject to hydrolysis) is 2. The molecule has 3 aliphatic heterocycles. The zero-order valence-electron chi connectivity index (χ0n) is 50.2. The highest BCUT2D eigenvalue weighted by Crippen LogP contribution is 2.28. The summed E-state index contributed by atoms with van der Waals surface area (Å²) in [4.78, 5) is 109. The van der Waals surface area contributed by atoms with Crippen molar-refractivity contribution in [3.05, 3.63) is 180 Å². The maximum absolute atomic E-state index is 12.7. The number of hydrogen-bond acceptors (Lipinski definition) is 15. The topological polar surface area (TPSA) is 365 Å². The molecule has 0 radical (unpaired) electrons. The van der Waals surface area contributed by atoms with Gasteiger partial charge in [-0.1, -0.05) is 18.2 Å². The Morgan fingerprint density at radius 2 is 0.900 bits per heavy atom. The molecule has 6 aromatic heterocycles. The number of benzene rings is 3. The van der Waals surface area contributed by atoms with E-state index in [1.54, 1.807) is 168 Å². The van der Waals surface area contributed by atoms with E-state index in [0.29, 0.717) is 77.0 Å². The molecular formula is C64H69N15O11. The Hall–Kier alpha value is -11.2. The van der Waals surface area contributed by atoms with Gasteiger partial charge in [0.05, 0.1) is 53.1 Å². The molecule has 0 unspecified atom stereocenters. The molecular weight excluding hydrogens is 1150 g/mol. The minimum atomic E-state index is -1.02. The molecule has 7 amide bonds. The van der Waals surface area contributed by atoms with Gasteiger partial charge in [-0.2, -0.15) is 0 Å². The number of ether oxygens (including phenoxy) is 2. The molecule has 12 rings (SSSR count). The van der Waals surface area contributed by atoms with Crippen molar-refractivity contribution in [2.75, 3.05) is 36.0 Å². The van der Waals surface area contributed by atoms with Gasteiger partial charge in [0.1, 0.15) is 28.3 Å². The predicted octanol–water partition coefficient (Wildman–Crippen LogP) is 6.92. The fourth-order valence-corrected chi connectivity index (χ4v) is 9.97. The summed E-state index contributed by atoms with van der Waals surface area (Å²) < 4.78 is 16.0. The van der Waals surface area contributed by atoms with Gasteiger partial charge in [-0.25, -0.2) is 14.4 Å². The lowest BCUT2D eigenvalue weighted by Crippen LogP contribution is -2.50. The second-order valence-electron chi connectivity index (χ2n) is 23.2. The minimum Gasteiger partial charge on any atom is -0.478 e. The Balaban J connectivity index is 0.000000152. The average molecular weight is 1220 g/mol. The van der Waals surface area contributed by atoms with Gasteiger partial charge in [0, 0.05) is 108 Å². The van der Waals surface area contributed by atoms with Crippen LogP contribution in [0.3, 0.4) is 0 Å². The molecule has 0 saturated carbocycles. The normalized spacial score (nSPS) is 15.6. The summed E-state index contributed by atoms with van der Waals surface area (Å²) in [6.45, 7) is 12.9. The molecule has 466 valence electrons. The Morgan fingerprint density at radius 1 is 0.533 bits per heavy atom. The van der Waals surface area contributed by atoms with Crippen molar-refractivity contribution in [2.45, 2.75) is 90.5 Å². The van der Waals surface area contributed by atoms with E-state index in [-0.39, 0.29) is 66.3 Å². The first-order chi connectivity index (χ1) is 42.9. The van der Waals surface area contributed by atoms with E-state index in [1.807, 2.05) is 27.3 Å². The van der Waals surface area contributed by atoms with Crippen LogP contribution in [0.15, 0.2) is 146 Å². The largest absolute Gasteiger partial charge is 0.478 e. The molecule has 3 aromatic carbocycles. The van der Waals surface area contributed by atoms with Crippen LogP contribution in [0, 0.1) is 0 Å². The van der Waals surface area contributed by atoms with Crippen LogP contribution in [0.2, 0.25) is 0 Å². The van der Waals surface area contributed by atoms with Crippen molar-refractivity contribution >= 4 is 97.5 Å². The zero-order valence-corrected chi connectivity index (χ0v) is 50.2. The van der Waals surface area contributed by atoms with Gasteiger partial charge in [0.25, 0.3) is 29.5 Å². The van der Waals surface area contributed by atoms with Gasteiger partial charge >= 0.3 is 18.2 Å². The molecule has 0 aliphatic carbocycles. The average Bonchev–Trinajstić information content (AvgIpc) is 1.64. The summed E-state index contributed by atoms with van der Waals surface area (Å²) in [6, 6.07) is 30.7. The molecule has 0 spiro atoms. The van der Waals surface area contributed by atoms with E-state index in [9.17, 15) is 43.5 Å². The number of carboxylic acids is 1. The number of nitrogens with zero attached hydrogens (tertiary/aromatic N) is 6. The summed E-state index contributed by atoms with van der Waals surface area (Å²) >= 11 is 0. The third kappa shape index (κ3) is 16.1. The molecule has 0 saturated heterocycles. The summed E-state index contributed by atoms with van der Waals surface area (Å²) in [5.41, 5.74) is 16.8. The van der Waals surface area contributed by atoms with E-state index in [1.165, 1.54) is 6.07 Å². The number of fused-ring (bicyclic) bond motifs is 9. The van der Waals surface area contributed by atoms with Gasteiger partial charge in [-0.3, -0.25) is 38.9 Å². The highest BCUT2D eigenvalue weighted by molar-refractivity contribution is 6.09. The number of rotatable bonds is 10. The van der Waals surface area contributed by atoms with Crippen molar-refractivity contribution in [1.82, 2.24) is 55.2 Å². The van der Waals surface area contributed by atoms with Crippen molar-refractivity contribution < 1.29 is 52.9 Å². The SMILES string of the molecule is CC(C)(C)OC(=O)NC[C@@H]1Cn2c(cc3ccc(C(=O)Nc4cccnc4)cc32)C(=O)N1.CC(C)(C)OC(=O)NC[C@@H]1Cn2c(cc3ccc(C(=O)O)cc32)C(=O)N1.NC[C@@H]1Cn2c(cc3ccc(C(=O)Nc4cccnc4)cc32)C(=O)N1.Nc1cccnc1. The van der Waals surface area contributed by atoms with E-state index in [2.05, 4.69) is 52.2 Å². The number of nitrogens with one attached hydrogen (secondary N) is 7. The number of aromatic nitrogens is 6. The molecule has 0 bridgehead atoms. The number of carbonyl (C=O) groups is 8. The van der Waals surface area contributed by atoms with Crippen molar-refractivity contribution in [3.63, 3.8) is 0 Å². The molecule has 12 N–H and O–H groups in total. The summed E-state index contributed by atoms with van der Waals surface area (Å²) in [7, 11) is 0. The predicted molar refractivity (Wildman–Crippen MR) is 337 cm³/mol. The van der Waals surface area contributed by atoms with Crippen molar-refractivity contribution in [3.8, 4) is 0 Å². The Kier molecular flexibility index (Phi) is 19.2. The van der Waals surface area contributed by atoms with Crippen LogP contribution in [0.1, 0.15) is 104 Å². The second-order valence-corrected chi connectivity index (χ2v) is 23.2. The number of amides is 7. The molecule has 3 atom stereocenters. The van der Waals surface area contributed by atoms with Crippen LogP contribution in [-0.4, -0.2) is 130 Å². The third-order valence-corrected chi connectivity index (χ3v) is 14.0. The van der Waals surface area contributed by atoms with Gasteiger partial charge in [0.2, 0.25) is 0 Å². The fourth-order valence-electron chi connectivity index (χ4n) is 9.97. The highest BCUT2D eigenvalue weighted by Gasteiger charge is 2.30. The first-order valence-electron chi connectivity index (χ1n) is 28.7. The van der Waals surface area contributed by atoms with E-state index in [4.69, 9.17) is 20.9 Å². The van der Waals surface area contributed by atoms with Crippen LogP contribution in [0.5, 0.6) is 0 Å². The van der Waals surface area contributed by atoms with Crippen LogP contribution in [0.4, 0.5) is 26.7 Å². The summed E-state index contributed by atoms with van der Waals surface area (Å²) in [6.07, 6.45) is 8.65. The summed E-state index contributed by atoms with van der Waals surface area (Å²) in [5, 5.41) is 31.3. The maximum atomic E-state index is 12.7. The zero-order chi connectivity index (χ0) is 64.4. The fraction of sp³-hybridized carbons (Fsp3) is 0.266. The highest BCUT2D eigenvalue weighted by atomic mass is 16.6. The minimum absolute atomic E-state index is 0.108. The van der Waals surface area contributed by atoms with Gasteiger partial charge in [-0.05, 0) is 133 Å². The number of carboxylic acid groups (broad SMARTS) is 1. The van der Waals surface area contributed by atoms with E-state index in [0.717, 1.165) is 27.2 Å². The lowest BCUT2D eigenvalue weighted by atomic mass is 10.1. The van der Waals surface area contributed by atoms with Gasteiger partial charge in [0.15, 0.2) is 0 Å². The molecule has 0 fully saturated rings. The maximum Gasteiger partial charge on any atom is 0.407 e. The lowest BCUT2D eigenvalue weighted by molar-refractivity contribution is 0.0507. The molecule has 90 heavy (non-hydrogen) atoms. The molecule has 9 aromatic rings. The van der Waals surface area contributed by atoms with Crippen molar-refractivity contribution in [1.29, 1.82) is 0 Å². The second kappa shape index (κ2) is 27.3. The first-order valence-corrected chi connectivity index (χ1v) is 28.7. The third-order valence-electron chi connectivity index (χ3n) is 14.0. The first kappa shape index (κ1) is 63.4. The number of aromatic carboxylic acids is 1. The number of nitrogens with two attached hydrogens (primary N) is 2. The monoisotopic (exact) mass is 1220 g/mol. The summed E-state index contributed by atoms with van der Waals surface area (Å²) in [5.74, 6) is -2.14. The smallest absolute Gasteiger partial charge is 0.407 e. The van der Waals surface area contributed by atoms with Crippen molar-refractivity contribution in [2.24, 2.45) is 5.73 Å². The van der Waals surface area contributed by atoms with Crippen LogP contribution >= 0.6 is 0 Å². The number of nitrogen functional groups attached to an aromatic ring is 1. The van der Waals surface area contributed by atoms with Gasteiger partial charge < -0.3 is 77.0 Å². The van der Waals surface area contributed by atoms with Crippen LogP contribution < -0.4 is 48.7 Å². The molecule has 26 nitrogen and oxygen atoms in total. The molecule has 26 heteroatoms. The number of pyridine rings is 3. The Morgan fingerprint density at radius 3 is 1.23 bits per heavy atom. The number of carbonyl (C=O) groups excluding carboxylic acids is 7. The Bertz CT molecular complexity index is 4150. The Labute approximate surface area is 516 Å². The van der Waals surface area contributed by atoms with E-state index < -0.39 is 29.4 Å². The quantitative estimate of drug-likeness (QED) is 0.0664. The molecule has 3 aliphatic rings.